The molecular formula is C23H21ClF3N7O3. The summed E-state index contributed by atoms with van der Waals surface area (Å²) in [6.45, 7) is 2.54. The number of hydrogen-bond donors (Lipinski definition) is 1. The molecule has 1 N–H and O–H groups in total. The highest BCUT2D eigenvalue weighted by Gasteiger charge is 2.41. The third kappa shape index (κ3) is 4.15. The van der Waals surface area contributed by atoms with Gasteiger partial charge in [0, 0.05) is 42.5 Å². The van der Waals surface area contributed by atoms with Crippen LogP contribution in [0.1, 0.15) is 30.6 Å². The number of alkyl halides is 3. The number of aromatic nitrogens is 4. The van der Waals surface area contributed by atoms with Crippen LogP contribution in [0, 0.1) is 23.2 Å². The van der Waals surface area contributed by atoms with Crippen LogP contribution in [0.25, 0.3) is 10.9 Å². The maximum atomic E-state index is 13.4. The highest BCUT2D eigenvalue weighted by molar-refractivity contribution is 6.31. The van der Waals surface area contributed by atoms with Crippen molar-refractivity contribution in [1.82, 2.24) is 24.4 Å². The van der Waals surface area contributed by atoms with Crippen molar-refractivity contribution in [3.05, 3.63) is 50.8 Å². The number of carbonyl (C=O) groups excluding carboxylic acids is 1. The quantitative estimate of drug-likeness (QED) is 0.501. The molecule has 2 aromatic heterocycles. The van der Waals surface area contributed by atoms with Crippen LogP contribution in [0.2, 0.25) is 5.02 Å². The van der Waals surface area contributed by atoms with Gasteiger partial charge in [-0.25, -0.2) is 0 Å². The number of piperidine rings is 1. The summed E-state index contributed by atoms with van der Waals surface area (Å²) in [5, 5.41) is 27.7. The molecule has 2 atom stereocenters. The van der Waals surface area contributed by atoms with Crippen molar-refractivity contribution in [2.75, 3.05) is 24.5 Å². The third-order valence-corrected chi connectivity index (χ3v) is 7.29. The number of carbonyl (C=O) groups is 1. The van der Waals surface area contributed by atoms with E-state index in [0.29, 0.717) is 40.3 Å². The number of amides is 1. The molecular weight excluding hydrogens is 515 g/mol. The zero-order chi connectivity index (χ0) is 26.6. The SMILES string of the molecule is C[C@@H]1CN(c2c(C#N)c(=O)n(O)c3ccc(Cl)cc23)CC[C@@H]1C(=O)N1CCn2c(nnc2C(F)(F)F)C1. The molecule has 0 bridgehead atoms. The fraction of sp³-hybridized carbons (Fsp3) is 0.435. The highest BCUT2D eigenvalue weighted by Crippen LogP contribution is 2.36. The number of fused-ring (bicyclic) bond motifs is 2. The predicted octanol–water partition coefficient (Wildman–Crippen LogP) is 2.88. The Labute approximate surface area is 213 Å². The van der Waals surface area contributed by atoms with Crippen molar-refractivity contribution in [2.24, 2.45) is 11.8 Å². The molecule has 1 saturated heterocycles. The lowest BCUT2D eigenvalue weighted by atomic mass is 9.85. The molecule has 14 heteroatoms. The average Bonchev–Trinajstić information content (AvgIpc) is 3.29. The van der Waals surface area contributed by atoms with Gasteiger partial charge in [0.05, 0.1) is 17.7 Å². The molecule has 4 heterocycles. The predicted molar refractivity (Wildman–Crippen MR) is 125 cm³/mol. The Bertz CT molecular complexity index is 1510. The molecule has 1 amide bonds. The zero-order valence-corrected chi connectivity index (χ0v) is 20.3. The van der Waals surface area contributed by atoms with Gasteiger partial charge in [-0.05, 0) is 30.5 Å². The molecule has 3 aromatic rings. The molecule has 1 fully saturated rings. The first-order valence-electron chi connectivity index (χ1n) is 11.5. The smallest absolute Gasteiger partial charge is 0.425 e. The summed E-state index contributed by atoms with van der Waals surface area (Å²) < 4.78 is 40.8. The van der Waals surface area contributed by atoms with Crippen molar-refractivity contribution in [1.29, 1.82) is 5.26 Å². The minimum Gasteiger partial charge on any atom is -0.425 e. The van der Waals surface area contributed by atoms with E-state index in [9.17, 15) is 33.2 Å². The first kappa shape index (κ1) is 24.9. The molecule has 10 nitrogen and oxygen atoms in total. The second-order valence-corrected chi connectivity index (χ2v) is 9.72. The molecule has 0 saturated carbocycles. The number of anilines is 1. The van der Waals surface area contributed by atoms with Crippen molar-refractivity contribution in [3.63, 3.8) is 0 Å². The first-order valence-corrected chi connectivity index (χ1v) is 11.9. The van der Waals surface area contributed by atoms with Gasteiger partial charge in [0.2, 0.25) is 11.7 Å². The number of pyridine rings is 1. The second-order valence-electron chi connectivity index (χ2n) is 9.28. The Balaban J connectivity index is 1.39. The van der Waals surface area contributed by atoms with E-state index in [1.54, 1.807) is 6.07 Å². The molecule has 5 rings (SSSR count). The normalized spacial score (nSPS) is 20.1. The van der Waals surface area contributed by atoms with Crippen LogP contribution in [0.4, 0.5) is 18.9 Å². The maximum absolute atomic E-state index is 13.4. The molecule has 0 radical (unpaired) electrons. The second kappa shape index (κ2) is 8.95. The summed E-state index contributed by atoms with van der Waals surface area (Å²) in [5.41, 5.74) is -0.539. The van der Waals surface area contributed by atoms with E-state index in [1.807, 2.05) is 17.9 Å². The van der Waals surface area contributed by atoms with E-state index in [4.69, 9.17) is 11.6 Å². The van der Waals surface area contributed by atoms with Gasteiger partial charge in [-0.15, -0.1) is 14.9 Å². The Morgan fingerprint density at radius 2 is 2.00 bits per heavy atom. The van der Waals surface area contributed by atoms with Crippen molar-refractivity contribution in [3.8, 4) is 6.07 Å². The van der Waals surface area contributed by atoms with Gasteiger partial charge in [0.25, 0.3) is 0 Å². The number of nitriles is 1. The van der Waals surface area contributed by atoms with E-state index in [-0.39, 0.29) is 48.4 Å². The van der Waals surface area contributed by atoms with Gasteiger partial charge in [0.1, 0.15) is 11.6 Å². The topological polar surface area (TPSA) is 120 Å². The number of nitrogens with zero attached hydrogens (tertiary/aromatic N) is 7. The summed E-state index contributed by atoms with van der Waals surface area (Å²) >= 11 is 6.16. The molecule has 1 aromatic carbocycles. The summed E-state index contributed by atoms with van der Waals surface area (Å²) in [6.07, 6.45) is -4.22. The van der Waals surface area contributed by atoms with E-state index >= 15 is 0 Å². The van der Waals surface area contributed by atoms with Gasteiger partial charge in [-0.3, -0.25) is 9.59 Å². The summed E-state index contributed by atoms with van der Waals surface area (Å²) in [6, 6.07) is 6.47. The molecule has 0 spiro atoms. The van der Waals surface area contributed by atoms with Crippen molar-refractivity contribution in [2.45, 2.75) is 32.6 Å². The first-order chi connectivity index (χ1) is 17.5. The van der Waals surface area contributed by atoms with E-state index in [0.717, 1.165) is 4.57 Å². The summed E-state index contributed by atoms with van der Waals surface area (Å²) in [7, 11) is 0. The molecule has 0 aliphatic carbocycles. The molecule has 37 heavy (non-hydrogen) atoms. The number of benzene rings is 1. The molecule has 194 valence electrons. The van der Waals surface area contributed by atoms with Crippen LogP contribution in [-0.2, 0) is 24.1 Å². The van der Waals surface area contributed by atoms with E-state index in [2.05, 4.69) is 10.2 Å². The summed E-state index contributed by atoms with van der Waals surface area (Å²) in [5.74, 6) is -1.78. The molecule has 0 unspecified atom stereocenters. The van der Waals surface area contributed by atoms with Crippen LogP contribution in [0.15, 0.2) is 23.0 Å². The fourth-order valence-corrected chi connectivity index (χ4v) is 5.44. The molecule has 2 aliphatic rings. The monoisotopic (exact) mass is 535 g/mol. The summed E-state index contributed by atoms with van der Waals surface area (Å²) in [4.78, 5) is 29.4. The highest BCUT2D eigenvalue weighted by atomic mass is 35.5. The Hall–Kier alpha value is -3.79. The number of halogens is 4. The lowest BCUT2D eigenvalue weighted by Crippen LogP contribution is -2.49. The Morgan fingerprint density at radius 3 is 2.68 bits per heavy atom. The molecule has 2 aliphatic heterocycles. The van der Waals surface area contributed by atoms with Crippen LogP contribution in [0.5, 0.6) is 0 Å². The standard InChI is InChI=1S/C23H21ClF3N7O3/c1-12-10-31(19-15-8-13(24)2-3-17(15)34(37)21(36)16(19)9-28)5-4-14(12)20(35)32-6-7-33-18(11-32)29-30-22(33)23(25,26)27/h2-3,8,12,14,37H,4-7,10-11H2,1H3/t12-,14+/m1/s1. The van der Waals surface area contributed by atoms with Gasteiger partial charge in [0.15, 0.2) is 5.82 Å². The van der Waals surface area contributed by atoms with Gasteiger partial charge >= 0.3 is 11.7 Å². The van der Waals surface area contributed by atoms with Crippen molar-refractivity contribution < 1.29 is 23.2 Å². The Kier molecular flexibility index (Phi) is 6.02. The van der Waals surface area contributed by atoms with Crippen molar-refractivity contribution >= 4 is 34.1 Å². The van der Waals surface area contributed by atoms with Crippen LogP contribution in [-0.4, -0.2) is 55.1 Å². The Morgan fingerprint density at radius 1 is 1.24 bits per heavy atom. The van der Waals surface area contributed by atoms with Gasteiger partial charge in [-0.1, -0.05) is 18.5 Å². The number of hydrogen-bond acceptors (Lipinski definition) is 7. The zero-order valence-electron chi connectivity index (χ0n) is 19.5. The minimum atomic E-state index is -4.62. The number of rotatable bonds is 2. The van der Waals surface area contributed by atoms with Crippen LogP contribution < -0.4 is 10.5 Å². The van der Waals surface area contributed by atoms with E-state index in [1.165, 1.54) is 17.0 Å². The minimum absolute atomic E-state index is 0.0497. The maximum Gasteiger partial charge on any atom is 0.451 e. The lowest BCUT2D eigenvalue weighted by Gasteiger charge is -2.40. The lowest BCUT2D eigenvalue weighted by molar-refractivity contribution is -0.148. The van der Waals surface area contributed by atoms with Gasteiger partial charge in [-0.2, -0.15) is 18.4 Å². The van der Waals surface area contributed by atoms with Crippen LogP contribution in [0.3, 0.4) is 0 Å². The third-order valence-electron chi connectivity index (χ3n) is 7.05. The van der Waals surface area contributed by atoms with Crippen LogP contribution >= 0.6 is 11.6 Å². The van der Waals surface area contributed by atoms with Gasteiger partial charge < -0.3 is 19.6 Å². The largest absolute Gasteiger partial charge is 0.451 e. The van der Waals surface area contributed by atoms with E-state index < -0.39 is 23.5 Å². The fourth-order valence-electron chi connectivity index (χ4n) is 5.27. The average molecular weight is 536 g/mol.